The Kier molecular flexibility index (Phi) is 12.0. The van der Waals surface area contributed by atoms with Crippen LogP contribution in [-0.2, 0) is 0 Å². The van der Waals surface area contributed by atoms with Crippen molar-refractivity contribution in [2.24, 2.45) is 20.5 Å². The van der Waals surface area contributed by atoms with Crippen molar-refractivity contribution in [3.05, 3.63) is 145 Å². The van der Waals surface area contributed by atoms with Gasteiger partial charge in [-0.25, -0.2) is 9.97 Å². The van der Waals surface area contributed by atoms with Crippen molar-refractivity contribution in [3.63, 3.8) is 0 Å². The Labute approximate surface area is 287 Å². The fourth-order valence-corrected chi connectivity index (χ4v) is 4.10. The van der Waals surface area contributed by atoms with E-state index in [-0.39, 0.29) is 11.8 Å². The van der Waals surface area contributed by atoms with Crippen LogP contribution in [0.5, 0.6) is 11.5 Å². The van der Waals surface area contributed by atoms with Crippen LogP contribution in [0, 0.1) is 0 Å². The van der Waals surface area contributed by atoms with Crippen LogP contribution in [-0.4, -0.2) is 46.0 Å². The fourth-order valence-electron chi connectivity index (χ4n) is 4.10. The number of nitrogens with one attached hydrogen (secondary N) is 2. The number of methoxy groups -OCH3 is 2. The summed E-state index contributed by atoms with van der Waals surface area (Å²) < 4.78 is 10.6. The lowest BCUT2D eigenvalue weighted by Gasteiger charge is -2.08. The monoisotopic (exact) mass is 666 g/mol. The molecule has 14 heteroatoms. The predicted octanol–water partition coefficient (Wildman–Crippen LogP) is 8.31. The average molecular weight is 667 g/mol. The molecule has 50 heavy (non-hydrogen) atoms. The van der Waals surface area contributed by atoms with Crippen molar-refractivity contribution in [2.75, 3.05) is 24.9 Å². The quantitative estimate of drug-likeness (QED) is 0.137. The Morgan fingerprint density at radius 3 is 1.24 bits per heavy atom. The molecule has 0 bridgehead atoms. The van der Waals surface area contributed by atoms with E-state index in [9.17, 15) is 9.59 Å². The molecule has 4 heterocycles. The molecule has 0 atom stereocenters. The van der Waals surface area contributed by atoms with E-state index in [4.69, 9.17) is 9.47 Å². The lowest BCUT2D eigenvalue weighted by Crippen LogP contribution is -2.13. The molecule has 0 spiro atoms. The number of nitrogens with zero attached hydrogens (tertiary/aromatic N) is 8. The molecule has 0 radical (unpaired) electrons. The zero-order chi connectivity index (χ0) is 35.0. The van der Waals surface area contributed by atoms with Gasteiger partial charge >= 0.3 is 0 Å². The smallest absolute Gasteiger partial charge is 0.274 e. The van der Waals surface area contributed by atoms with E-state index >= 15 is 0 Å². The van der Waals surface area contributed by atoms with Crippen molar-refractivity contribution >= 4 is 46.2 Å². The molecular weight excluding hydrogens is 636 g/mol. The molecule has 2 aromatic carbocycles. The van der Waals surface area contributed by atoms with E-state index in [1.54, 1.807) is 122 Å². The Balaban J connectivity index is 0.000000194. The largest absolute Gasteiger partial charge is 0.494 e. The third kappa shape index (κ3) is 9.89. The number of pyridine rings is 4. The van der Waals surface area contributed by atoms with Gasteiger partial charge in [-0.3, -0.25) is 19.6 Å². The molecule has 0 fully saturated rings. The molecule has 2 N–H and O–H groups in total. The number of hydrogen-bond acceptors (Lipinski definition) is 12. The summed E-state index contributed by atoms with van der Waals surface area (Å²) in [7, 11) is 3.05. The molecule has 0 unspecified atom stereocenters. The molecule has 14 nitrogen and oxygen atoms in total. The van der Waals surface area contributed by atoms with Crippen LogP contribution in [0.4, 0.5) is 34.4 Å². The molecule has 2 amide bonds. The maximum atomic E-state index is 12.1. The zero-order valence-electron chi connectivity index (χ0n) is 26.9. The molecule has 6 aromatic rings. The van der Waals surface area contributed by atoms with Crippen LogP contribution < -0.4 is 20.1 Å². The summed E-state index contributed by atoms with van der Waals surface area (Å²) in [6, 6.07) is 31.3. The van der Waals surface area contributed by atoms with Crippen molar-refractivity contribution in [1.82, 2.24) is 19.9 Å². The summed E-state index contributed by atoms with van der Waals surface area (Å²) in [5.74, 6) is 1.36. The molecular formula is C36H30N10O4. The van der Waals surface area contributed by atoms with Gasteiger partial charge in [0.15, 0.2) is 11.6 Å². The first-order valence-electron chi connectivity index (χ1n) is 15.0. The number of carbonyl (C=O) groups is 2. The van der Waals surface area contributed by atoms with Crippen LogP contribution in [0.15, 0.2) is 154 Å². The highest BCUT2D eigenvalue weighted by Gasteiger charge is 2.11. The first kappa shape index (κ1) is 34.1. The maximum absolute atomic E-state index is 12.1. The average Bonchev–Trinajstić information content (AvgIpc) is 3.18. The van der Waals surface area contributed by atoms with Gasteiger partial charge in [-0.2, -0.15) is 0 Å². The predicted molar refractivity (Wildman–Crippen MR) is 187 cm³/mol. The van der Waals surface area contributed by atoms with Crippen LogP contribution >= 0.6 is 0 Å². The highest BCUT2D eigenvalue weighted by atomic mass is 16.5. The summed E-state index contributed by atoms with van der Waals surface area (Å²) >= 11 is 0. The SMILES string of the molecule is COc1cc(NC(=O)c2ccccn2)ccc1N=Nc1ccccn1.COc1cc(NC(=O)c2ccccn2)ccc1N=Nc1ccccn1. The van der Waals surface area contributed by atoms with E-state index in [0.717, 1.165) is 0 Å². The van der Waals surface area contributed by atoms with Crippen LogP contribution in [0.1, 0.15) is 21.0 Å². The van der Waals surface area contributed by atoms with Crippen LogP contribution in [0.2, 0.25) is 0 Å². The summed E-state index contributed by atoms with van der Waals surface area (Å²) in [6.45, 7) is 0. The van der Waals surface area contributed by atoms with Crippen molar-refractivity contribution in [2.45, 2.75) is 0 Å². The van der Waals surface area contributed by atoms with Gasteiger partial charge < -0.3 is 20.1 Å². The molecule has 248 valence electrons. The minimum absolute atomic E-state index is 0.300. The lowest BCUT2D eigenvalue weighted by molar-refractivity contribution is 0.101. The molecule has 0 aliphatic heterocycles. The van der Waals surface area contributed by atoms with Gasteiger partial charge in [0.1, 0.15) is 34.3 Å². The third-order valence-electron chi connectivity index (χ3n) is 6.49. The Hall–Kier alpha value is -7.22. The Bertz CT molecular complexity index is 1920. The number of rotatable bonds is 10. The molecule has 0 saturated carbocycles. The first-order chi connectivity index (χ1) is 24.5. The minimum Gasteiger partial charge on any atom is -0.494 e. The number of azo groups is 2. The number of carbonyl (C=O) groups excluding carboxylic acids is 2. The summed E-state index contributed by atoms with van der Waals surface area (Å²) in [5.41, 5.74) is 2.88. The van der Waals surface area contributed by atoms with Crippen molar-refractivity contribution < 1.29 is 19.1 Å². The zero-order valence-corrected chi connectivity index (χ0v) is 26.9. The fraction of sp³-hybridized carbons (Fsp3) is 0.0556. The molecule has 0 aliphatic rings. The minimum atomic E-state index is -0.300. The highest BCUT2D eigenvalue weighted by molar-refractivity contribution is 6.03. The highest BCUT2D eigenvalue weighted by Crippen LogP contribution is 2.33. The summed E-state index contributed by atoms with van der Waals surface area (Å²) in [4.78, 5) is 40.5. The van der Waals surface area contributed by atoms with Gasteiger partial charge in [0, 0.05) is 48.3 Å². The number of ether oxygens (including phenoxy) is 2. The number of benzene rings is 2. The second kappa shape index (κ2) is 17.6. The maximum Gasteiger partial charge on any atom is 0.274 e. The van der Waals surface area contributed by atoms with Crippen LogP contribution in [0.25, 0.3) is 0 Å². The Morgan fingerprint density at radius 1 is 0.500 bits per heavy atom. The lowest BCUT2D eigenvalue weighted by atomic mass is 10.2. The molecule has 4 aromatic heterocycles. The van der Waals surface area contributed by atoms with Crippen LogP contribution in [0.3, 0.4) is 0 Å². The van der Waals surface area contributed by atoms with E-state index in [1.165, 1.54) is 14.2 Å². The number of anilines is 2. The third-order valence-corrected chi connectivity index (χ3v) is 6.49. The van der Waals surface area contributed by atoms with Gasteiger partial charge in [-0.15, -0.1) is 20.5 Å². The molecule has 0 aliphatic carbocycles. The van der Waals surface area contributed by atoms with Gasteiger partial charge in [0.2, 0.25) is 0 Å². The van der Waals surface area contributed by atoms with Gasteiger partial charge in [-0.05, 0) is 72.8 Å². The summed E-state index contributed by atoms with van der Waals surface area (Å²) in [6.07, 6.45) is 6.41. The molecule has 0 saturated heterocycles. The number of amides is 2. The number of aromatic nitrogens is 4. The normalized spacial score (nSPS) is 10.6. The van der Waals surface area contributed by atoms with Gasteiger partial charge in [0.05, 0.1) is 14.2 Å². The van der Waals surface area contributed by atoms with Crippen molar-refractivity contribution in [1.29, 1.82) is 0 Å². The molecule has 6 rings (SSSR count). The number of hydrogen-bond donors (Lipinski definition) is 2. The van der Waals surface area contributed by atoms with Gasteiger partial charge in [0.25, 0.3) is 11.8 Å². The van der Waals surface area contributed by atoms with E-state index < -0.39 is 0 Å². The second-order valence-electron chi connectivity index (χ2n) is 9.89. The topological polar surface area (TPSA) is 178 Å². The van der Waals surface area contributed by atoms with Gasteiger partial charge in [-0.1, -0.05) is 24.3 Å². The standard InChI is InChI=1S/2C18H15N5O2/c2*1-25-16-12-13(21-18(24)15-6-2-4-10-19-15)8-9-14(16)22-23-17-7-3-5-11-20-17/h2*2-12H,1H3,(H,21,24). The van der Waals surface area contributed by atoms with E-state index in [0.29, 0.717) is 57.3 Å². The van der Waals surface area contributed by atoms with E-state index in [2.05, 4.69) is 51.0 Å². The Morgan fingerprint density at radius 2 is 0.900 bits per heavy atom. The first-order valence-corrected chi connectivity index (χ1v) is 15.0. The second-order valence-corrected chi connectivity index (χ2v) is 9.89. The van der Waals surface area contributed by atoms with E-state index in [1.807, 2.05) is 12.1 Å². The van der Waals surface area contributed by atoms with Crippen molar-refractivity contribution in [3.8, 4) is 11.5 Å². The summed E-state index contributed by atoms with van der Waals surface area (Å²) in [5, 5.41) is 21.9.